The van der Waals surface area contributed by atoms with Gasteiger partial charge in [0.1, 0.15) is 18.8 Å². The standard InChI is InChI=1S/C24H25NO5/c1-14-18-8-5-15(4-3-10-24(2)21(30-24)20(18)29-22(14)26)13-28-23(27)17-7-6-16-9-11-25-19(16)12-17/h4,6-7,9,11-12,18,20-21,25H,1,3,5,8,10,13H2,2H3/t18-,20-,21-,24+/m0/s1. The molecule has 0 unspecified atom stereocenters. The van der Waals surface area contributed by atoms with Crippen LogP contribution in [0.2, 0.25) is 0 Å². The van der Waals surface area contributed by atoms with E-state index in [9.17, 15) is 9.59 Å². The first kappa shape index (κ1) is 19.1. The number of esters is 2. The Kier molecular flexibility index (Phi) is 4.54. The summed E-state index contributed by atoms with van der Waals surface area (Å²) in [5.74, 6) is -0.723. The van der Waals surface area contributed by atoms with Gasteiger partial charge in [0.2, 0.25) is 0 Å². The van der Waals surface area contributed by atoms with E-state index in [2.05, 4.69) is 24.6 Å². The normalized spacial score (nSPS) is 30.8. The number of hydrogen-bond acceptors (Lipinski definition) is 5. The number of H-pyrrole nitrogens is 1. The number of rotatable bonds is 3. The molecule has 6 nitrogen and oxygen atoms in total. The number of carbonyl (C=O) groups excluding carboxylic acids is 2. The summed E-state index contributed by atoms with van der Waals surface area (Å²) < 4.78 is 17.1. The maximum atomic E-state index is 12.6. The van der Waals surface area contributed by atoms with Gasteiger partial charge in [-0.3, -0.25) is 0 Å². The van der Waals surface area contributed by atoms with Crippen LogP contribution >= 0.6 is 0 Å². The van der Waals surface area contributed by atoms with Crippen molar-refractivity contribution in [1.82, 2.24) is 4.98 Å². The molecule has 3 heterocycles. The lowest BCUT2D eigenvalue weighted by Gasteiger charge is -2.20. The summed E-state index contributed by atoms with van der Waals surface area (Å²) in [6.45, 7) is 6.25. The molecule has 30 heavy (non-hydrogen) atoms. The van der Waals surface area contributed by atoms with Crippen molar-refractivity contribution in [3.63, 3.8) is 0 Å². The molecule has 0 saturated carbocycles. The fourth-order valence-corrected chi connectivity index (χ4v) is 4.67. The highest BCUT2D eigenvalue weighted by molar-refractivity contribution is 5.94. The van der Waals surface area contributed by atoms with Crippen LogP contribution in [0, 0.1) is 5.92 Å². The number of allylic oxidation sites excluding steroid dienone is 1. The highest BCUT2D eigenvalue weighted by atomic mass is 16.6. The lowest BCUT2D eigenvalue weighted by molar-refractivity contribution is -0.140. The molecule has 0 radical (unpaired) electrons. The Bertz CT molecular complexity index is 1070. The summed E-state index contributed by atoms with van der Waals surface area (Å²) >= 11 is 0. The lowest BCUT2D eigenvalue weighted by atomic mass is 9.84. The molecule has 1 aliphatic carbocycles. The third-order valence-electron chi connectivity index (χ3n) is 6.62. The van der Waals surface area contributed by atoms with E-state index in [1.807, 2.05) is 18.3 Å². The Morgan fingerprint density at radius 1 is 1.37 bits per heavy atom. The molecule has 0 spiro atoms. The van der Waals surface area contributed by atoms with E-state index < -0.39 is 0 Å². The zero-order chi connectivity index (χ0) is 20.9. The number of aromatic nitrogens is 1. The van der Waals surface area contributed by atoms with E-state index in [4.69, 9.17) is 14.2 Å². The minimum atomic E-state index is -0.344. The van der Waals surface area contributed by atoms with Crippen molar-refractivity contribution in [2.75, 3.05) is 6.61 Å². The molecule has 4 atom stereocenters. The van der Waals surface area contributed by atoms with Crippen LogP contribution in [0.1, 0.15) is 43.0 Å². The Morgan fingerprint density at radius 2 is 2.23 bits per heavy atom. The van der Waals surface area contributed by atoms with Gasteiger partial charge in [-0.05, 0) is 61.8 Å². The predicted molar refractivity (Wildman–Crippen MR) is 111 cm³/mol. The van der Waals surface area contributed by atoms with Crippen LogP contribution in [-0.2, 0) is 19.0 Å². The van der Waals surface area contributed by atoms with Crippen molar-refractivity contribution < 1.29 is 23.8 Å². The number of nitrogens with one attached hydrogen (secondary N) is 1. The van der Waals surface area contributed by atoms with Crippen molar-refractivity contribution in [3.05, 3.63) is 59.8 Å². The van der Waals surface area contributed by atoms with E-state index >= 15 is 0 Å². The van der Waals surface area contributed by atoms with Crippen molar-refractivity contribution >= 4 is 22.8 Å². The Hall–Kier alpha value is -2.86. The predicted octanol–water partition coefficient (Wildman–Crippen LogP) is 4.08. The zero-order valence-corrected chi connectivity index (χ0v) is 17.0. The fraction of sp³-hybridized carbons (Fsp3) is 0.417. The maximum absolute atomic E-state index is 12.6. The van der Waals surface area contributed by atoms with Gasteiger partial charge in [0.25, 0.3) is 0 Å². The molecule has 1 aromatic carbocycles. The number of aromatic amines is 1. The van der Waals surface area contributed by atoms with Gasteiger partial charge < -0.3 is 19.2 Å². The van der Waals surface area contributed by atoms with Crippen molar-refractivity contribution in [3.8, 4) is 0 Å². The molecule has 6 heteroatoms. The minimum absolute atomic E-state index is 0.0543. The van der Waals surface area contributed by atoms with Gasteiger partial charge in [0.15, 0.2) is 0 Å². The van der Waals surface area contributed by atoms with Crippen LogP contribution in [-0.4, -0.2) is 41.3 Å². The molecule has 1 aromatic heterocycles. The van der Waals surface area contributed by atoms with Crippen LogP contribution in [0.4, 0.5) is 0 Å². The third kappa shape index (κ3) is 3.35. The van der Waals surface area contributed by atoms with Crippen molar-refractivity contribution in [2.24, 2.45) is 5.92 Å². The largest absolute Gasteiger partial charge is 0.458 e. The van der Waals surface area contributed by atoms with Crippen LogP contribution in [0.15, 0.2) is 54.3 Å². The molecule has 2 fully saturated rings. The molecule has 2 saturated heterocycles. The fourth-order valence-electron chi connectivity index (χ4n) is 4.67. The van der Waals surface area contributed by atoms with Crippen LogP contribution in [0.5, 0.6) is 0 Å². The summed E-state index contributed by atoms with van der Waals surface area (Å²) in [5.41, 5.74) is 2.74. The van der Waals surface area contributed by atoms with E-state index in [0.29, 0.717) is 11.1 Å². The van der Waals surface area contributed by atoms with Crippen molar-refractivity contribution in [2.45, 2.75) is 50.4 Å². The number of fused-ring (bicyclic) bond motifs is 4. The maximum Gasteiger partial charge on any atom is 0.338 e. The molecule has 2 aromatic rings. The Labute approximate surface area is 174 Å². The van der Waals surface area contributed by atoms with Crippen LogP contribution < -0.4 is 0 Å². The van der Waals surface area contributed by atoms with E-state index in [1.54, 1.807) is 12.1 Å². The minimum Gasteiger partial charge on any atom is -0.458 e. The molecule has 1 N–H and O–H groups in total. The third-order valence-corrected chi connectivity index (χ3v) is 6.62. The van der Waals surface area contributed by atoms with Gasteiger partial charge in [0.05, 0.1) is 11.2 Å². The molecule has 156 valence electrons. The first-order chi connectivity index (χ1) is 14.4. The summed E-state index contributed by atoms with van der Waals surface area (Å²) in [7, 11) is 0. The quantitative estimate of drug-likeness (QED) is 0.359. The van der Waals surface area contributed by atoms with E-state index in [0.717, 1.165) is 42.2 Å². The molecule has 5 rings (SSSR count). The lowest BCUT2D eigenvalue weighted by Crippen LogP contribution is -2.29. The molecular weight excluding hydrogens is 382 g/mol. The van der Waals surface area contributed by atoms with Gasteiger partial charge in [-0.2, -0.15) is 0 Å². The first-order valence-electron chi connectivity index (χ1n) is 10.4. The smallest absolute Gasteiger partial charge is 0.338 e. The van der Waals surface area contributed by atoms with Gasteiger partial charge in [-0.25, -0.2) is 9.59 Å². The summed E-state index contributed by atoms with van der Waals surface area (Å²) in [6.07, 6.45) is 6.80. The Morgan fingerprint density at radius 3 is 3.10 bits per heavy atom. The molecule has 0 amide bonds. The average Bonchev–Trinajstić information content (AvgIpc) is 3.06. The zero-order valence-electron chi connectivity index (χ0n) is 17.0. The number of ether oxygens (including phenoxy) is 3. The number of epoxide rings is 1. The van der Waals surface area contributed by atoms with Gasteiger partial charge in [-0.15, -0.1) is 0 Å². The molecule has 2 aliphatic heterocycles. The van der Waals surface area contributed by atoms with Crippen LogP contribution in [0.3, 0.4) is 0 Å². The van der Waals surface area contributed by atoms with Gasteiger partial charge >= 0.3 is 11.9 Å². The summed E-state index contributed by atoms with van der Waals surface area (Å²) in [4.78, 5) is 27.7. The SMILES string of the molecule is C=C1C(=O)O[C@H]2[C@H]1CCC(COC(=O)c1ccc3cc[nH]c3c1)=CCC[C@@]1(C)O[C@@H]21. The second-order valence-corrected chi connectivity index (χ2v) is 8.65. The summed E-state index contributed by atoms with van der Waals surface area (Å²) in [6, 6.07) is 7.45. The first-order valence-corrected chi connectivity index (χ1v) is 10.4. The number of hydrogen-bond donors (Lipinski definition) is 1. The Balaban J connectivity index is 1.28. The monoisotopic (exact) mass is 407 g/mol. The highest BCUT2D eigenvalue weighted by Crippen LogP contribution is 2.49. The topological polar surface area (TPSA) is 80.9 Å². The molecule has 3 aliphatic rings. The average molecular weight is 407 g/mol. The summed E-state index contributed by atoms with van der Waals surface area (Å²) in [5, 5.41) is 1.05. The number of carbonyl (C=O) groups is 2. The van der Waals surface area contributed by atoms with E-state index in [1.165, 1.54) is 0 Å². The molecular formula is C24H25NO5. The van der Waals surface area contributed by atoms with Gasteiger partial charge in [0, 0.05) is 23.2 Å². The molecule has 0 bridgehead atoms. The highest BCUT2D eigenvalue weighted by Gasteiger charge is 2.61. The van der Waals surface area contributed by atoms with Crippen molar-refractivity contribution in [1.29, 1.82) is 0 Å². The second-order valence-electron chi connectivity index (χ2n) is 8.65. The number of benzene rings is 1. The second kappa shape index (κ2) is 7.13. The van der Waals surface area contributed by atoms with Gasteiger partial charge in [-0.1, -0.05) is 18.7 Å². The van der Waals surface area contributed by atoms with E-state index in [-0.39, 0.29) is 42.3 Å². The van der Waals surface area contributed by atoms with Crippen LogP contribution in [0.25, 0.3) is 10.9 Å².